The van der Waals surface area contributed by atoms with Crippen LogP contribution in [-0.4, -0.2) is 41.8 Å². The Labute approximate surface area is 134 Å². The second kappa shape index (κ2) is 6.37. The van der Waals surface area contributed by atoms with Gasteiger partial charge < -0.3 is 4.42 Å². The van der Waals surface area contributed by atoms with Crippen LogP contribution in [0.2, 0.25) is 0 Å². The molecule has 2 aromatic rings. The standard InChI is InChI=1S/C15H18FN3O3S/c1-2-23(20,21)19-9-7-12(8-10-19)15-18-17-14(22-15)11-3-5-13(16)6-4-11/h3-6,12H,2,7-10H2,1H3. The summed E-state index contributed by atoms with van der Waals surface area (Å²) in [6, 6.07) is 5.85. The molecule has 3 rings (SSSR count). The van der Waals surface area contributed by atoms with Crippen molar-refractivity contribution in [1.29, 1.82) is 0 Å². The first kappa shape index (κ1) is 16.1. The SMILES string of the molecule is CCS(=O)(=O)N1CCC(c2nnc(-c3ccc(F)cc3)o2)CC1. The molecule has 0 radical (unpaired) electrons. The summed E-state index contributed by atoms with van der Waals surface area (Å²) in [6.07, 6.45) is 1.31. The first-order valence-electron chi connectivity index (χ1n) is 7.57. The number of aromatic nitrogens is 2. The summed E-state index contributed by atoms with van der Waals surface area (Å²) in [7, 11) is -3.14. The highest BCUT2D eigenvalue weighted by molar-refractivity contribution is 7.89. The van der Waals surface area contributed by atoms with E-state index in [1.165, 1.54) is 16.4 Å². The van der Waals surface area contributed by atoms with E-state index in [1.807, 2.05) is 0 Å². The van der Waals surface area contributed by atoms with Gasteiger partial charge in [0.15, 0.2) is 0 Å². The molecule has 6 nitrogen and oxygen atoms in total. The Kier molecular flexibility index (Phi) is 4.45. The lowest BCUT2D eigenvalue weighted by molar-refractivity contribution is 0.291. The minimum atomic E-state index is -3.14. The van der Waals surface area contributed by atoms with E-state index in [-0.39, 0.29) is 17.5 Å². The minimum Gasteiger partial charge on any atom is -0.420 e. The van der Waals surface area contributed by atoms with Gasteiger partial charge in [0.05, 0.1) is 5.75 Å². The van der Waals surface area contributed by atoms with E-state index in [9.17, 15) is 12.8 Å². The third kappa shape index (κ3) is 3.42. The van der Waals surface area contributed by atoms with Crippen LogP contribution in [0.5, 0.6) is 0 Å². The summed E-state index contributed by atoms with van der Waals surface area (Å²) in [4.78, 5) is 0. The van der Waals surface area contributed by atoms with Gasteiger partial charge in [-0.15, -0.1) is 10.2 Å². The molecule has 0 saturated carbocycles. The van der Waals surface area contributed by atoms with Crippen molar-refractivity contribution in [2.75, 3.05) is 18.8 Å². The zero-order valence-electron chi connectivity index (χ0n) is 12.8. The van der Waals surface area contributed by atoms with Crippen molar-refractivity contribution < 1.29 is 17.2 Å². The number of benzene rings is 1. The van der Waals surface area contributed by atoms with Gasteiger partial charge in [-0.3, -0.25) is 0 Å². The third-order valence-corrected chi connectivity index (χ3v) is 5.97. The summed E-state index contributed by atoms with van der Waals surface area (Å²) >= 11 is 0. The van der Waals surface area contributed by atoms with Crippen LogP contribution in [0.4, 0.5) is 4.39 Å². The Balaban J connectivity index is 1.69. The third-order valence-electron chi connectivity index (χ3n) is 4.09. The van der Waals surface area contributed by atoms with Crippen molar-refractivity contribution >= 4 is 10.0 Å². The van der Waals surface area contributed by atoms with Gasteiger partial charge in [-0.2, -0.15) is 0 Å². The van der Waals surface area contributed by atoms with Crippen LogP contribution >= 0.6 is 0 Å². The highest BCUT2D eigenvalue weighted by Crippen LogP contribution is 2.30. The molecule has 0 spiro atoms. The lowest BCUT2D eigenvalue weighted by Crippen LogP contribution is -2.38. The lowest BCUT2D eigenvalue weighted by atomic mass is 9.98. The lowest BCUT2D eigenvalue weighted by Gasteiger charge is -2.29. The molecular weight excluding hydrogens is 321 g/mol. The Hall–Kier alpha value is -1.80. The van der Waals surface area contributed by atoms with Crippen molar-refractivity contribution in [3.63, 3.8) is 0 Å². The van der Waals surface area contributed by atoms with Crippen molar-refractivity contribution in [2.45, 2.75) is 25.7 Å². The topological polar surface area (TPSA) is 76.3 Å². The summed E-state index contributed by atoms with van der Waals surface area (Å²) in [6.45, 7) is 2.58. The Bertz CT molecular complexity index is 766. The van der Waals surface area contributed by atoms with Gasteiger partial charge in [-0.1, -0.05) is 0 Å². The molecule has 1 aliphatic heterocycles. The molecule has 1 saturated heterocycles. The molecule has 0 aliphatic carbocycles. The maximum atomic E-state index is 12.9. The Morgan fingerprint density at radius 2 is 1.87 bits per heavy atom. The first-order chi connectivity index (χ1) is 11.0. The van der Waals surface area contributed by atoms with E-state index in [0.29, 0.717) is 43.3 Å². The molecule has 1 aliphatic rings. The van der Waals surface area contributed by atoms with E-state index in [4.69, 9.17) is 4.42 Å². The van der Waals surface area contributed by atoms with Crippen LogP contribution < -0.4 is 0 Å². The van der Waals surface area contributed by atoms with Gasteiger partial charge in [0.1, 0.15) is 5.82 Å². The van der Waals surface area contributed by atoms with Crippen LogP contribution in [0, 0.1) is 5.82 Å². The maximum Gasteiger partial charge on any atom is 0.247 e. The average Bonchev–Trinajstić information content (AvgIpc) is 3.05. The molecule has 1 fully saturated rings. The van der Waals surface area contributed by atoms with Crippen molar-refractivity contribution in [3.05, 3.63) is 36.0 Å². The Morgan fingerprint density at radius 3 is 2.48 bits per heavy atom. The van der Waals surface area contributed by atoms with Crippen LogP contribution in [-0.2, 0) is 10.0 Å². The summed E-state index contributed by atoms with van der Waals surface area (Å²) in [5, 5.41) is 8.07. The monoisotopic (exact) mass is 339 g/mol. The van der Waals surface area contributed by atoms with Gasteiger partial charge in [-0.25, -0.2) is 17.1 Å². The second-order valence-electron chi connectivity index (χ2n) is 5.53. The largest absolute Gasteiger partial charge is 0.420 e. The quantitative estimate of drug-likeness (QED) is 0.855. The number of piperidine rings is 1. The molecule has 2 heterocycles. The van der Waals surface area contributed by atoms with Crippen molar-refractivity contribution in [3.8, 4) is 11.5 Å². The highest BCUT2D eigenvalue weighted by atomic mass is 32.2. The van der Waals surface area contributed by atoms with Crippen LogP contribution in [0.1, 0.15) is 31.6 Å². The van der Waals surface area contributed by atoms with Crippen LogP contribution in [0.25, 0.3) is 11.5 Å². The Morgan fingerprint density at radius 1 is 1.22 bits per heavy atom. The van der Waals surface area contributed by atoms with Crippen LogP contribution in [0.3, 0.4) is 0 Å². The van der Waals surface area contributed by atoms with Gasteiger partial charge in [-0.05, 0) is 44.0 Å². The maximum absolute atomic E-state index is 12.9. The number of sulfonamides is 1. The fourth-order valence-electron chi connectivity index (χ4n) is 2.67. The van der Waals surface area contributed by atoms with E-state index in [2.05, 4.69) is 10.2 Å². The molecule has 8 heteroatoms. The molecule has 1 aromatic heterocycles. The van der Waals surface area contributed by atoms with E-state index in [0.717, 1.165) is 0 Å². The molecule has 0 N–H and O–H groups in total. The number of nitrogens with zero attached hydrogens (tertiary/aromatic N) is 3. The number of hydrogen-bond acceptors (Lipinski definition) is 5. The number of hydrogen-bond donors (Lipinski definition) is 0. The highest BCUT2D eigenvalue weighted by Gasteiger charge is 2.30. The predicted molar refractivity (Wildman–Crippen MR) is 82.7 cm³/mol. The molecule has 0 atom stereocenters. The van der Waals surface area contributed by atoms with Crippen molar-refractivity contribution in [1.82, 2.24) is 14.5 Å². The van der Waals surface area contributed by atoms with Gasteiger partial charge in [0, 0.05) is 24.6 Å². The van der Waals surface area contributed by atoms with Gasteiger partial charge in [0.2, 0.25) is 21.8 Å². The molecule has 124 valence electrons. The predicted octanol–water partition coefficient (Wildman–Crippen LogP) is 2.40. The summed E-state index contributed by atoms with van der Waals surface area (Å²) in [5.41, 5.74) is 0.663. The molecule has 0 bridgehead atoms. The molecular formula is C15H18FN3O3S. The van der Waals surface area contributed by atoms with Crippen LogP contribution in [0.15, 0.2) is 28.7 Å². The van der Waals surface area contributed by atoms with Gasteiger partial charge >= 0.3 is 0 Å². The summed E-state index contributed by atoms with van der Waals surface area (Å²) in [5.74, 6) is 0.715. The normalized spacial score (nSPS) is 17.5. The van der Waals surface area contributed by atoms with Crippen molar-refractivity contribution in [2.24, 2.45) is 0 Å². The molecule has 0 amide bonds. The smallest absolute Gasteiger partial charge is 0.247 e. The number of rotatable bonds is 4. The van der Waals surface area contributed by atoms with Gasteiger partial charge in [0.25, 0.3) is 0 Å². The zero-order valence-corrected chi connectivity index (χ0v) is 13.6. The first-order valence-corrected chi connectivity index (χ1v) is 9.17. The fourth-order valence-corrected chi connectivity index (χ4v) is 3.80. The van der Waals surface area contributed by atoms with E-state index >= 15 is 0 Å². The summed E-state index contributed by atoms with van der Waals surface area (Å²) < 4.78 is 43.9. The molecule has 0 unspecified atom stereocenters. The second-order valence-corrected chi connectivity index (χ2v) is 7.78. The van der Waals surface area contributed by atoms with E-state index < -0.39 is 10.0 Å². The number of halogens is 1. The fraction of sp³-hybridized carbons (Fsp3) is 0.467. The molecule has 23 heavy (non-hydrogen) atoms. The zero-order chi connectivity index (χ0) is 16.4. The average molecular weight is 339 g/mol. The molecule has 1 aromatic carbocycles. The minimum absolute atomic E-state index is 0.0556. The van der Waals surface area contributed by atoms with E-state index in [1.54, 1.807) is 19.1 Å².